The number of carbonyl (C=O) groups is 1. The molecule has 0 unspecified atom stereocenters. The van der Waals surface area contributed by atoms with Gasteiger partial charge < -0.3 is 14.8 Å². The lowest BCUT2D eigenvalue weighted by Crippen LogP contribution is -2.14. The molecule has 7 nitrogen and oxygen atoms in total. The topological polar surface area (TPSA) is 108 Å². The maximum absolute atomic E-state index is 12.7. The summed E-state index contributed by atoms with van der Waals surface area (Å²) in [7, 11) is -3.79. The van der Waals surface area contributed by atoms with Crippen molar-refractivity contribution >= 4 is 21.6 Å². The van der Waals surface area contributed by atoms with E-state index in [9.17, 15) is 13.2 Å². The lowest BCUT2D eigenvalue weighted by atomic mass is 10.1. The molecule has 0 bridgehead atoms. The van der Waals surface area contributed by atoms with Gasteiger partial charge in [0.25, 0.3) is 5.91 Å². The summed E-state index contributed by atoms with van der Waals surface area (Å²) in [5, 5.41) is 7.83. The summed E-state index contributed by atoms with van der Waals surface area (Å²) in [5.41, 5.74) is 2.69. The van der Waals surface area contributed by atoms with Gasteiger partial charge in [-0.15, -0.1) is 0 Å². The van der Waals surface area contributed by atoms with Gasteiger partial charge in [0, 0.05) is 16.8 Å². The van der Waals surface area contributed by atoms with Gasteiger partial charge in [0.05, 0.1) is 24.7 Å². The maximum Gasteiger partial charge on any atom is 0.255 e. The third-order valence-electron chi connectivity index (χ3n) is 4.43. The predicted molar refractivity (Wildman–Crippen MR) is 118 cm³/mol. The average molecular weight is 441 g/mol. The largest absolute Gasteiger partial charge is 0.494 e. The van der Waals surface area contributed by atoms with E-state index in [-0.39, 0.29) is 17.4 Å². The second-order valence-electron chi connectivity index (χ2n) is 6.76. The third-order valence-corrected chi connectivity index (χ3v) is 5.36. The van der Waals surface area contributed by atoms with E-state index in [4.69, 9.17) is 14.6 Å². The molecule has 0 saturated heterocycles. The first-order chi connectivity index (χ1) is 14.9. The van der Waals surface area contributed by atoms with Crippen LogP contribution < -0.4 is 15.2 Å². The molecule has 0 spiro atoms. The standard InChI is InChI=1S/C23H24N2O5S/c1-2-30-22-13-8-18(14-19(22)16-29-15-17-6-4-3-5-7-17)23(26)25-20-9-11-21(12-10-20)31(24,27)28/h3-14H,2,15-16H2,1H3,(H,25,26)(H2,24,27,28). The molecular weight excluding hydrogens is 416 g/mol. The van der Waals surface area contributed by atoms with Crippen molar-refractivity contribution < 1.29 is 22.7 Å². The molecule has 0 radical (unpaired) electrons. The van der Waals surface area contributed by atoms with Gasteiger partial charge >= 0.3 is 0 Å². The minimum absolute atomic E-state index is 0.0237. The van der Waals surface area contributed by atoms with Crippen LogP contribution in [-0.4, -0.2) is 20.9 Å². The predicted octanol–water partition coefficient (Wildman–Crippen LogP) is 3.70. The van der Waals surface area contributed by atoms with Crippen molar-refractivity contribution in [2.24, 2.45) is 5.14 Å². The molecule has 3 N–H and O–H groups in total. The fraction of sp³-hybridized carbons (Fsp3) is 0.174. The minimum Gasteiger partial charge on any atom is -0.494 e. The summed E-state index contributed by atoms with van der Waals surface area (Å²) in [6, 6.07) is 20.6. The van der Waals surface area contributed by atoms with Gasteiger partial charge in [-0.25, -0.2) is 13.6 Å². The van der Waals surface area contributed by atoms with E-state index in [2.05, 4.69) is 5.32 Å². The van der Waals surface area contributed by atoms with Gasteiger partial charge in [-0.2, -0.15) is 0 Å². The first-order valence-corrected chi connectivity index (χ1v) is 11.2. The molecular formula is C23H24N2O5S. The van der Waals surface area contributed by atoms with Gasteiger partial charge in [-0.1, -0.05) is 30.3 Å². The number of primary sulfonamides is 1. The van der Waals surface area contributed by atoms with Gasteiger partial charge in [0.15, 0.2) is 0 Å². The number of anilines is 1. The van der Waals surface area contributed by atoms with Gasteiger partial charge in [0.1, 0.15) is 5.75 Å². The number of amides is 1. The zero-order valence-electron chi connectivity index (χ0n) is 17.1. The van der Waals surface area contributed by atoms with Crippen molar-refractivity contribution in [2.45, 2.75) is 25.0 Å². The highest BCUT2D eigenvalue weighted by atomic mass is 32.2. The highest BCUT2D eigenvalue weighted by Crippen LogP contribution is 2.23. The molecule has 8 heteroatoms. The molecule has 0 aliphatic carbocycles. The zero-order valence-corrected chi connectivity index (χ0v) is 17.9. The molecule has 3 aromatic rings. The number of ether oxygens (including phenoxy) is 2. The van der Waals surface area contributed by atoms with Crippen molar-refractivity contribution in [3.8, 4) is 5.75 Å². The van der Waals surface area contributed by atoms with Crippen LogP contribution in [0.1, 0.15) is 28.4 Å². The molecule has 31 heavy (non-hydrogen) atoms. The van der Waals surface area contributed by atoms with E-state index in [1.54, 1.807) is 18.2 Å². The number of hydrogen-bond acceptors (Lipinski definition) is 5. The number of rotatable bonds is 9. The number of nitrogens with one attached hydrogen (secondary N) is 1. The molecule has 0 atom stereocenters. The molecule has 3 rings (SSSR count). The Bertz CT molecular complexity index is 1130. The summed E-state index contributed by atoms with van der Waals surface area (Å²) >= 11 is 0. The van der Waals surface area contributed by atoms with Crippen molar-refractivity contribution in [2.75, 3.05) is 11.9 Å². The van der Waals surface area contributed by atoms with Crippen LogP contribution in [0, 0.1) is 0 Å². The molecule has 3 aromatic carbocycles. The fourth-order valence-electron chi connectivity index (χ4n) is 2.91. The smallest absolute Gasteiger partial charge is 0.255 e. The Morgan fingerprint density at radius 1 is 0.968 bits per heavy atom. The van der Waals surface area contributed by atoms with Crippen LogP contribution in [0.5, 0.6) is 5.75 Å². The molecule has 0 aliphatic heterocycles. The molecule has 0 heterocycles. The van der Waals surface area contributed by atoms with E-state index < -0.39 is 10.0 Å². The van der Waals surface area contributed by atoms with E-state index >= 15 is 0 Å². The fourth-order valence-corrected chi connectivity index (χ4v) is 3.43. The van der Waals surface area contributed by atoms with Crippen molar-refractivity contribution in [1.82, 2.24) is 0 Å². The summed E-state index contributed by atoms with van der Waals surface area (Å²) in [5.74, 6) is 0.320. The summed E-state index contributed by atoms with van der Waals surface area (Å²) in [4.78, 5) is 12.7. The molecule has 0 saturated carbocycles. The second-order valence-corrected chi connectivity index (χ2v) is 8.32. The van der Waals surface area contributed by atoms with Gasteiger partial charge in [0.2, 0.25) is 10.0 Å². The Morgan fingerprint density at radius 2 is 1.68 bits per heavy atom. The Kier molecular flexibility index (Phi) is 7.41. The molecule has 0 aromatic heterocycles. The average Bonchev–Trinajstić information content (AvgIpc) is 2.75. The number of carbonyl (C=O) groups excluding carboxylic acids is 1. The molecule has 1 amide bonds. The summed E-state index contributed by atoms with van der Waals surface area (Å²) in [6.07, 6.45) is 0. The van der Waals surface area contributed by atoms with Crippen LogP contribution in [0.15, 0.2) is 77.7 Å². The minimum atomic E-state index is -3.79. The first kappa shape index (κ1) is 22.5. The van der Waals surface area contributed by atoms with E-state index in [1.807, 2.05) is 37.3 Å². The summed E-state index contributed by atoms with van der Waals surface area (Å²) < 4.78 is 34.2. The Morgan fingerprint density at radius 3 is 2.32 bits per heavy atom. The quantitative estimate of drug-likeness (QED) is 0.527. The van der Waals surface area contributed by atoms with Gasteiger partial charge in [-0.3, -0.25) is 4.79 Å². The van der Waals surface area contributed by atoms with Crippen molar-refractivity contribution in [3.63, 3.8) is 0 Å². The first-order valence-electron chi connectivity index (χ1n) is 9.68. The Labute approximate surface area is 181 Å². The van der Waals surface area contributed by atoms with Crippen LogP contribution in [0.4, 0.5) is 5.69 Å². The summed E-state index contributed by atoms with van der Waals surface area (Å²) in [6.45, 7) is 3.11. The number of benzene rings is 3. The van der Waals surface area contributed by atoms with Crippen LogP contribution in [-0.2, 0) is 28.0 Å². The van der Waals surface area contributed by atoms with Crippen LogP contribution in [0.2, 0.25) is 0 Å². The Hall–Kier alpha value is -3.20. The number of sulfonamides is 1. The Balaban J connectivity index is 1.71. The lowest BCUT2D eigenvalue weighted by molar-refractivity contribution is 0.101. The molecule has 0 aliphatic rings. The van der Waals surface area contributed by atoms with Crippen molar-refractivity contribution in [1.29, 1.82) is 0 Å². The molecule has 162 valence electrons. The SMILES string of the molecule is CCOc1ccc(C(=O)Nc2ccc(S(N)(=O)=O)cc2)cc1COCc1ccccc1. The molecule has 0 fully saturated rings. The van der Waals surface area contributed by atoms with Crippen LogP contribution >= 0.6 is 0 Å². The van der Waals surface area contributed by atoms with E-state index in [1.165, 1.54) is 24.3 Å². The second kappa shape index (κ2) is 10.2. The van der Waals surface area contributed by atoms with E-state index in [0.717, 1.165) is 11.1 Å². The monoisotopic (exact) mass is 440 g/mol. The maximum atomic E-state index is 12.7. The van der Waals surface area contributed by atoms with Crippen LogP contribution in [0.25, 0.3) is 0 Å². The van der Waals surface area contributed by atoms with E-state index in [0.29, 0.717) is 30.2 Å². The van der Waals surface area contributed by atoms with Gasteiger partial charge in [-0.05, 0) is 55.0 Å². The number of nitrogens with two attached hydrogens (primary N) is 1. The highest BCUT2D eigenvalue weighted by Gasteiger charge is 2.13. The third kappa shape index (κ3) is 6.39. The highest BCUT2D eigenvalue weighted by molar-refractivity contribution is 7.89. The normalized spacial score (nSPS) is 11.2. The van der Waals surface area contributed by atoms with Crippen LogP contribution in [0.3, 0.4) is 0 Å². The number of hydrogen-bond donors (Lipinski definition) is 2. The lowest BCUT2D eigenvalue weighted by Gasteiger charge is -2.13. The zero-order chi connectivity index (χ0) is 22.3. The van der Waals surface area contributed by atoms with Crippen molar-refractivity contribution in [3.05, 3.63) is 89.5 Å².